The van der Waals surface area contributed by atoms with Gasteiger partial charge in [0, 0.05) is 90.8 Å². The molecular weight excluding hydrogens is 317 g/mol. The number of rotatable bonds is 0. The van der Waals surface area contributed by atoms with Crippen LogP contribution in [0.25, 0.3) is 0 Å². The molecule has 5 heteroatoms. The van der Waals surface area contributed by atoms with Crippen LogP contribution in [-0.4, -0.2) is 80.9 Å². The van der Waals surface area contributed by atoms with Gasteiger partial charge in [0.15, 0.2) is 0 Å². The summed E-state index contributed by atoms with van der Waals surface area (Å²) in [4.78, 5) is 0. The van der Waals surface area contributed by atoms with Crippen molar-refractivity contribution < 1.29 is 0 Å². The number of hydrogen-bond acceptors (Lipinski definition) is 0. The van der Waals surface area contributed by atoms with E-state index in [2.05, 4.69) is 0 Å². The average molecular weight is 317 g/mol. The fourth-order valence-electron chi connectivity index (χ4n) is 0. The van der Waals surface area contributed by atoms with Crippen molar-refractivity contribution in [2.75, 3.05) is 0 Å². The molecule has 0 aliphatic rings. The van der Waals surface area contributed by atoms with E-state index in [-0.39, 0.29) is 90.8 Å². The van der Waals surface area contributed by atoms with E-state index in [0.29, 0.717) is 0 Å². The van der Waals surface area contributed by atoms with Gasteiger partial charge < -0.3 is 0 Å². The van der Waals surface area contributed by atoms with E-state index in [1.165, 1.54) is 0 Å². The Bertz CT molecular complexity index is 11.6. The van der Waals surface area contributed by atoms with Crippen molar-refractivity contribution in [2.24, 2.45) is 0 Å². The summed E-state index contributed by atoms with van der Waals surface area (Å²) in [5.74, 6) is 0. The van der Waals surface area contributed by atoms with Crippen LogP contribution < -0.4 is 0 Å². The molecule has 0 rings (SSSR count). The van der Waals surface area contributed by atoms with Crippen LogP contribution in [-0.2, 0) is 0 Å². The maximum absolute atomic E-state index is 0. The monoisotopic (exact) mass is 317 g/mol. The molecule has 0 unspecified atom stereocenters. The van der Waals surface area contributed by atoms with Crippen molar-refractivity contribution in [3.05, 3.63) is 0 Å². The first-order valence-corrected chi connectivity index (χ1v) is 0. The van der Waals surface area contributed by atoms with Gasteiger partial charge in [0.1, 0.15) is 0 Å². The minimum atomic E-state index is 0. The van der Waals surface area contributed by atoms with Crippen LogP contribution in [0.4, 0.5) is 0 Å². The van der Waals surface area contributed by atoms with Crippen molar-refractivity contribution in [3.63, 3.8) is 0 Å². The van der Waals surface area contributed by atoms with Crippen molar-refractivity contribution in [1.82, 2.24) is 0 Å². The van der Waals surface area contributed by atoms with Gasteiger partial charge in [0.2, 0.25) is 0 Å². The Balaban J connectivity index is 0. The molecule has 0 N–H and O–H groups in total. The van der Waals surface area contributed by atoms with E-state index in [0.717, 1.165) is 0 Å². The van der Waals surface area contributed by atoms with Gasteiger partial charge in [0.25, 0.3) is 0 Å². The Hall–Kier alpha value is 3.03. The summed E-state index contributed by atoms with van der Waals surface area (Å²) >= 11 is 0. The minimum Gasteiger partial charge on any atom is 0 e. The summed E-state index contributed by atoms with van der Waals surface area (Å²) in [6.07, 6.45) is 0. The van der Waals surface area contributed by atoms with E-state index in [1.54, 1.807) is 0 Å². The summed E-state index contributed by atoms with van der Waals surface area (Å²) in [6, 6.07) is 0. The molecule has 0 spiro atoms. The molecule has 19 valence electrons. The first-order chi connectivity index (χ1) is 0. The van der Waals surface area contributed by atoms with E-state index in [9.17, 15) is 0 Å². The Kier molecular flexibility index (Phi) is 241. The van der Waals surface area contributed by atoms with Gasteiger partial charge in [-0.15, -0.1) is 0 Å². The zero-order valence-corrected chi connectivity index (χ0v) is 12.3. The minimum absolute atomic E-state index is 0. The summed E-state index contributed by atoms with van der Waals surface area (Å²) < 4.78 is 0. The molecule has 0 amide bonds. The zero-order chi connectivity index (χ0) is 0. The third-order valence-electron chi connectivity index (χ3n) is 0. The predicted molar refractivity (Wildman–Crippen MR) is 29.9 cm³/mol. The van der Waals surface area contributed by atoms with Gasteiger partial charge >= 0.3 is 0 Å². The topological polar surface area (TPSA) is 0 Å². The van der Waals surface area contributed by atoms with Gasteiger partial charge in [-0.25, -0.2) is 0 Å². The molecular formula is AlAsGaInP. The van der Waals surface area contributed by atoms with Gasteiger partial charge in [0.05, 0.1) is 0 Å². The first kappa shape index (κ1) is 43.3. The standard InChI is InChI=1S/Al.As.Ga.In.P. The van der Waals surface area contributed by atoms with Crippen LogP contribution in [0.1, 0.15) is 0 Å². The fraction of sp³-hybridized carbons (Fsp3) is 0. The smallest absolute Gasteiger partial charge is 0 e. The fourth-order valence-corrected chi connectivity index (χ4v) is 0. The molecule has 0 heterocycles. The van der Waals surface area contributed by atoms with E-state index in [1.807, 2.05) is 0 Å². The van der Waals surface area contributed by atoms with Crippen LogP contribution >= 0.6 is 9.90 Å². The van der Waals surface area contributed by atoms with Gasteiger partial charge in [-0.3, -0.25) is 0 Å². The molecule has 15 radical (unpaired) electrons. The molecule has 0 aliphatic carbocycles. The normalized spacial score (nSPS) is 0. The van der Waals surface area contributed by atoms with Gasteiger partial charge in [-0.05, 0) is 0 Å². The van der Waals surface area contributed by atoms with Crippen LogP contribution in [0.3, 0.4) is 0 Å². The molecule has 5 heavy (non-hydrogen) atoms. The molecule has 0 fully saturated rings. The molecule has 0 bridgehead atoms. The van der Waals surface area contributed by atoms with Crippen molar-refractivity contribution in [2.45, 2.75) is 0 Å². The quantitative estimate of drug-likeness (QED) is 0.411. The molecule has 0 atom stereocenters. The van der Waals surface area contributed by atoms with E-state index in [4.69, 9.17) is 0 Å². The maximum atomic E-state index is 0. The van der Waals surface area contributed by atoms with Crippen molar-refractivity contribution in [1.29, 1.82) is 0 Å². The van der Waals surface area contributed by atoms with Crippen LogP contribution in [0.15, 0.2) is 0 Å². The Morgan fingerprint density at radius 3 is 1.00 bits per heavy atom. The second-order valence-corrected chi connectivity index (χ2v) is 0. The van der Waals surface area contributed by atoms with E-state index < -0.39 is 0 Å². The largest absolute Gasteiger partial charge is 0 e. The van der Waals surface area contributed by atoms with Crippen molar-refractivity contribution >= 4 is 90.8 Å². The Morgan fingerprint density at radius 1 is 1.00 bits per heavy atom. The van der Waals surface area contributed by atoms with Crippen LogP contribution in [0.5, 0.6) is 0 Å². The molecule has 0 nitrogen and oxygen atoms in total. The number of hydrogen-bond donors (Lipinski definition) is 0. The summed E-state index contributed by atoms with van der Waals surface area (Å²) in [5, 5.41) is 0. The Morgan fingerprint density at radius 2 is 1.00 bits per heavy atom. The maximum Gasteiger partial charge on any atom is 0 e. The molecule has 0 saturated heterocycles. The predicted octanol–water partition coefficient (Wildman–Crippen LogP) is -0.662. The zero-order valence-electron chi connectivity index (χ0n) is 2.63. The van der Waals surface area contributed by atoms with Crippen LogP contribution in [0, 0.1) is 0 Å². The summed E-state index contributed by atoms with van der Waals surface area (Å²) in [7, 11) is 0. The second kappa shape index (κ2) is 27.9. The van der Waals surface area contributed by atoms with Crippen LogP contribution in [0.2, 0.25) is 0 Å². The van der Waals surface area contributed by atoms with Gasteiger partial charge in [-0.1, -0.05) is 0 Å². The Labute approximate surface area is 89.5 Å². The van der Waals surface area contributed by atoms with Gasteiger partial charge in [-0.2, -0.15) is 0 Å². The summed E-state index contributed by atoms with van der Waals surface area (Å²) in [6.45, 7) is 0. The molecule has 0 aromatic rings. The molecule has 0 aliphatic heterocycles. The SMILES string of the molecule is [Al].[As].[Ga].[In].[P]. The first-order valence-electron chi connectivity index (χ1n) is 0. The molecule has 0 saturated carbocycles. The molecule has 0 aromatic heterocycles. The third-order valence-corrected chi connectivity index (χ3v) is 0. The van der Waals surface area contributed by atoms with E-state index >= 15 is 0 Å². The average Bonchev–Trinajstić information content (AvgIpc) is 0. The summed E-state index contributed by atoms with van der Waals surface area (Å²) in [5.41, 5.74) is 0. The second-order valence-electron chi connectivity index (χ2n) is 0. The molecule has 0 aromatic carbocycles. The van der Waals surface area contributed by atoms with Crippen molar-refractivity contribution in [3.8, 4) is 0 Å². The third kappa shape index (κ3) is 19.4.